The fourth-order valence-electron chi connectivity index (χ4n) is 4.60. The predicted octanol–water partition coefficient (Wildman–Crippen LogP) is 6.36. The largest absolute Gasteiger partial charge is 0.457 e. The number of ether oxygens (including phenoxy) is 2. The van der Waals surface area contributed by atoms with Crippen LogP contribution >= 0.6 is 0 Å². The molecule has 4 aromatic rings. The van der Waals surface area contributed by atoms with Crippen LogP contribution in [0.3, 0.4) is 0 Å². The monoisotopic (exact) mass is 570 g/mol. The number of anilines is 1. The van der Waals surface area contributed by atoms with Gasteiger partial charge in [0.15, 0.2) is 0 Å². The molecule has 9 heteroatoms. The molecule has 210 valence electrons. The molecule has 2 amide bonds. The normalized spacial score (nSPS) is 14.9. The summed E-state index contributed by atoms with van der Waals surface area (Å²) < 4.78 is 37.2. The van der Waals surface area contributed by atoms with Gasteiger partial charge in [-0.05, 0) is 73.9 Å². The van der Waals surface area contributed by atoms with Gasteiger partial charge in [0, 0.05) is 18.3 Å². The highest BCUT2D eigenvalue weighted by Gasteiger charge is 2.35. The Morgan fingerprint density at radius 3 is 2.24 bits per heavy atom. The topological polar surface area (TPSA) is 102 Å². The van der Waals surface area contributed by atoms with E-state index < -0.39 is 22.0 Å². The van der Waals surface area contributed by atoms with Crippen molar-refractivity contribution in [2.24, 2.45) is 0 Å². The van der Waals surface area contributed by atoms with Crippen LogP contribution in [-0.2, 0) is 26.0 Å². The highest BCUT2D eigenvalue weighted by molar-refractivity contribution is 7.91. The van der Waals surface area contributed by atoms with Crippen LogP contribution in [-0.4, -0.2) is 37.9 Å². The molecule has 0 spiro atoms. The minimum Gasteiger partial charge on any atom is -0.457 e. The quantitative estimate of drug-likeness (QED) is 0.265. The van der Waals surface area contributed by atoms with E-state index >= 15 is 0 Å². The summed E-state index contributed by atoms with van der Waals surface area (Å²) >= 11 is 0. The molecule has 0 bridgehead atoms. The minimum atomic E-state index is -3.64. The number of rotatable bonds is 8. The number of nitrogens with one attached hydrogen (secondary N) is 1. The van der Waals surface area contributed by atoms with Gasteiger partial charge in [0.2, 0.25) is 15.7 Å². The van der Waals surface area contributed by atoms with Crippen molar-refractivity contribution >= 4 is 27.5 Å². The first-order valence-corrected chi connectivity index (χ1v) is 14.8. The molecule has 0 saturated carbocycles. The first kappa shape index (κ1) is 27.9. The van der Waals surface area contributed by atoms with E-state index in [0.717, 1.165) is 11.1 Å². The van der Waals surface area contributed by atoms with Crippen molar-refractivity contribution < 1.29 is 27.5 Å². The molecule has 0 radical (unpaired) electrons. The summed E-state index contributed by atoms with van der Waals surface area (Å²) in [5, 5.41) is 2.87. The molecule has 0 aromatic heterocycles. The zero-order valence-corrected chi connectivity index (χ0v) is 23.3. The van der Waals surface area contributed by atoms with Crippen molar-refractivity contribution in [1.29, 1.82) is 0 Å². The molecule has 4 aromatic carbocycles. The second-order valence-corrected chi connectivity index (χ2v) is 11.7. The Bertz CT molecular complexity index is 1620. The molecule has 1 aliphatic rings. The van der Waals surface area contributed by atoms with Gasteiger partial charge in [0.1, 0.15) is 24.1 Å². The summed E-state index contributed by atoms with van der Waals surface area (Å²) in [6.45, 7) is 2.49. The lowest BCUT2D eigenvalue weighted by molar-refractivity contribution is -0.120. The van der Waals surface area contributed by atoms with Crippen LogP contribution in [0.4, 0.5) is 10.5 Å². The molecule has 5 rings (SSSR count). The second kappa shape index (κ2) is 12.3. The third kappa shape index (κ3) is 6.75. The van der Waals surface area contributed by atoms with Crippen molar-refractivity contribution in [3.8, 4) is 11.5 Å². The number of nitrogens with zero attached hydrogens (tertiary/aromatic N) is 1. The Balaban J connectivity index is 1.20. The van der Waals surface area contributed by atoms with Crippen molar-refractivity contribution in [3.05, 3.63) is 114 Å². The second-order valence-electron chi connectivity index (χ2n) is 9.80. The van der Waals surface area contributed by atoms with Gasteiger partial charge >= 0.3 is 6.09 Å². The Kier molecular flexibility index (Phi) is 8.35. The van der Waals surface area contributed by atoms with E-state index in [1.165, 1.54) is 17.0 Å². The maximum atomic E-state index is 13.1. The smallest absolute Gasteiger partial charge is 0.410 e. The Hall–Kier alpha value is -4.63. The minimum absolute atomic E-state index is 0.142. The molecular formula is C32H30N2O6S. The molecule has 8 nitrogen and oxygen atoms in total. The molecule has 1 atom stereocenters. The van der Waals surface area contributed by atoms with Crippen LogP contribution < -0.4 is 10.1 Å². The number of sulfone groups is 1. The van der Waals surface area contributed by atoms with E-state index in [4.69, 9.17) is 9.47 Å². The average Bonchev–Trinajstić information content (AvgIpc) is 3.48. The molecular weight excluding hydrogens is 540 g/mol. The van der Waals surface area contributed by atoms with E-state index in [9.17, 15) is 18.0 Å². The van der Waals surface area contributed by atoms with Crippen LogP contribution in [0.15, 0.2) is 113 Å². The molecule has 1 heterocycles. The van der Waals surface area contributed by atoms with Crippen LogP contribution in [0.25, 0.3) is 0 Å². The summed E-state index contributed by atoms with van der Waals surface area (Å²) in [5.74, 6) is 0.601. The number of benzene rings is 4. The lowest BCUT2D eigenvalue weighted by Crippen LogP contribution is -2.43. The SMILES string of the molecule is Cc1ccc(S(=O)(=O)c2ccc(Oc3cccc(NC(=O)[C@@H]4CCCN4C(=O)OCc4ccccc4)c3)cc2)cc1. The fourth-order valence-corrected chi connectivity index (χ4v) is 5.86. The van der Waals surface area contributed by atoms with Crippen molar-refractivity contribution in [2.45, 2.75) is 42.2 Å². The number of carbonyl (C=O) groups is 2. The van der Waals surface area contributed by atoms with Gasteiger partial charge in [-0.3, -0.25) is 9.69 Å². The maximum absolute atomic E-state index is 13.1. The van der Waals surface area contributed by atoms with E-state index in [1.54, 1.807) is 60.7 Å². The summed E-state index contributed by atoms with van der Waals surface area (Å²) in [6, 6.07) is 28.5. The lowest BCUT2D eigenvalue weighted by Gasteiger charge is -2.23. The number of hydrogen-bond donors (Lipinski definition) is 1. The van der Waals surface area contributed by atoms with E-state index in [0.29, 0.717) is 36.6 Å². The number of carbonyl (C=O) groups excluding carboxylic acids is 2. The highest BCUT2D eigenvalue weighted by atomic mass is 32.2. The van der Waals surface area contributed by atoms with Crippen LogP contribution in [0.1, 0.15) is 24.0 Å². The first-order valence-electron chi connectivity index (χ1n) is 13.3. The van der Waals surface area contributed by atoms with Gasteiger partial charge in [0.25, 0.3) is 0 Å². The number of aryl methyl sites for hydroxylation is 1. The summed E-state index contributed by atoms with van der Waals surface area (Å²) in [6.07, 6.45) is 0.730. The van der Waals surface area contributed by atoms with Crippen LogP contribution in [0.5, 0.6) is 11.5 Å². The number of hydrogen-bond acceptors (Lipinski definition) is 6. The lowest BCUT2D eigenvalue weighted by atomic mass is 10.2. The van der Waals surface area contributed by atoms with Gasteiger partial charge < -0.3 is 14.8 Å². The first-order chi connectivity index (χ1) is 19.8. The van der Waals surface area contributed by atoms with Crippen molar-refractivity contribution in [2.75, 3.05) is 11.9 Å². The van der Waals surface area contributed by atoms with E-state index in [2.05, 4.69) is 5.32 Å². The molecule has 1 N–H and O–H groups in total. The van der Waals surface area contributed by atoms with Gasteiger partial charge in [-0.1, -0.05) is 54.1 Å². The molecule has 1 saturated heterocycles. The molecule has 1 aliphatic heterocycles. The van der Waals surface area contributed by atoms with Gasteiger partial charge in [-0.2, -0.15) is 0 Å². The number of amides is 2. The van der Waals surface area contributed by atoms with E-state index in [1.807, 2.05) is 37.3 Å². The van der Waals surface area contributed by atoms with Crippen LogP contribution in [0.2, 0.25) is 0 Å². The summed E-state index contributed by atoms with van der Waals surface area (Å²) in [7, 11) is -3.64. The third-order valence-electron chi connectivity index (χ3n) is 6.80. The zero-order valence-electron chi connectivity index (χ0n) is 22.5. The Morgan fingerprint density at radius 1 is 0.854 bits per heavy atom. The Labute approximate surface area is 239 Å². The van der Waals surface area contributed by atoms with E-state index in [-0.39, 0.29) is 22.3 Å². The van der Waals surface area contributed by atoms with Gasteiger partial charge in [-0.15, -0.1) is 0 Å². The maximum Gasteiger partial charge on any atom is 0.410 e. The molecule has 0 unspecified atom stereocenters. The van der Waals surface area contributed by atoms with Crippen LogP contribution in [0, 0.1) is 6.92 Å². The fraction of sp³-hybridized carbons (Fsp3) is 0.188. The average molecular weight is 571 g/mol. The summed E-state index contributed by atoms with van der Waals surface area (Å²) in [5.41, 5.74) is 2.36. The molecule has 41 heavy (non-hydrogen) atoms. The standard InChI is InChI=1S/C32H30N2O6S/c1-23-12-16-28(17-13-23)41(37,38)29-18-14-26(15-19-29)40-27-10-5-9-25(21-27)33-31(35)30-11-6-20-34(30)32(36)39-22-24-7-3-2-4-8-24/h2-5,7-10,12-19,21,30H,6,11,20,22H2,1H3,(H,33,35)/t30-/m0/s1. The predicted molar refractivity (Wildman–Crippen MR) is 155 cm³/mol. The third-order valence-corrected chi connectivity index (χ3v) is 8.58. The number of likely N-dealkylation sites (tertiary alicyclic amines) is 1. The summed E-state index contributed by atoms with van der Waals surface area (Å²) in [4.78, 5) is 27.6. The van der Waals surface area contributed by atoms with Gasteiger partial charge in [0.05, 0.1) is 9.79 Å². The Morgan fingerprint density at radius 2 is 1.54 bits per heavy atom. The van der Waals surface area contributed by atoms with Crippen molar-refractivity contribution in [3.63, 3.8) is 0 Å². The van der Waals surface area contributed by atoms with Crippen molar-refractivity contribution in [1.82, 2.24) is 4.90 Å². The zero-order chi connectivity index (χ0) is 28.8. The molecule has 1 fully saturated rings. The molecule has 0 aliphatic carbocycles. The highest BCUT2D eigenvalue weighted by Crippen LogP contribution is 2.28. The van der Waals surface area contributed by atoms with Gasteiger partial charge in [-0.25, -0.2) is 13.2 Å².